The second kappa shape index (κ2) is 7.42. The molecule has 1 aromatic carbocycles. The van der Waals surface area contributed by atoms with Crippen LogP contribution in [0.1, 0.15) is 30.1 Å². The number of nitrogens with zero attached hydrogens (tertiary/aromatic N) is 2. The Morgan fingerprint density at radius 2 is 2.16 bits per heavy atom. The summed E-state index contributed by atoms with van der Waals surface area (Å²) in [4.78, 5) is 30.6. The highest BCUT2D eigenvalue weighted by molar-refractivity contribution is 5.84. The molecule has 1 aliphatic rings. The third kappa shape index (κ3) is 3.84. The number of carbonyl (C=O) groups is 2. The summed E-state index contributed by atoms with van der Waals surface area (Å²) in [5.41, 5.74) is 1.40. The summed E-state index contributed by atoms with van der Waals surface area (Å²) < 4.78 is 13.6. The van der Waals surface area contributed by atoms with Crippen LogP contribution in [0.25, 0.3) is 0 Å². The minimum atomic E-state index is -0.472. The predicted molar refractivity (Wildman–Crippen MR) is 90.7 cm³/mol. The van der Waals surface area contributed by atoms with E-state index in [1.165, 1.54) is 12.1 Å². The van der Waals surface area contributed by atoms with Crippen molar-refractivity contribution in [3.63, 3.8) is 0 Å². The summed E-state index contributed by atoms with van der Waals surface area (Å²) in [6.07, 6.45) is 2.42. The van der Waals surface area contributed by atoms with Crippen molar-refractivity contribution >= 4 is 11.8 Å². The molecule has 3 rings (SSSR count). The summed E-state index contributed by atoms with van der Waals surface area (Å²) in [5, 5.41) is 2.89. The molecule has 0 aliphatic carbocycles. The molecule has 2 amide bonds. The van der Waals surface area contributed by atoms with Crippen molar-refractivity contribution in [3.05, 3.63) is 65.7 Å². The molecule has 1 fully saturated rings. The number of amides is 2. The molecular weight excluding hydrogens is 321 g/mol. The highest BCUT2D eigenvalue weighted by atomic mass is 19.1. The Hall–Kier alpha value is -2.76. The van der Waals surface area contributed by atoms with Crippen molar-refractivity contribution in [1.82, 2.24) is 15.2 Å². The van der Waals surface area contributed by atoms with Crippen LogP contribution >= 0.6 is 0 Å². The first kappa shape index (κ1) is 17.1. The van der Waals surface area contributed by atoms with Crippen molar-refractivity contribution < 1.29 is 14.0 Å². The van der Waals surface area contributed by atoms with Gasteiger partial charge in [-0.25, -0.2) is 4.39 Å². The molecule has 5 nitrogen and oxygen atoms in total. The first-order valence-electron chi connectivity index (χ1n) is 8.25. The Balaban J connectivity index is 1.79. The summed E-state index contributed by atoms with van der Waals surface area (Å²) in [6, 6.07) is 11.1. The van der Waals surface area contributed by atoms with E-state index in [9.17, 15) is 14.0 Å². The zero-order valence-electron chi connectivity index (χ0n) is 14.0. The van der Waals surface area contributed by atoms with E-state index in [4.69, 9.17) is 0 Å². The van der Waals surface area contributed by atoms with Gasteiger partial charge in [0.2, 0.25) is 11.8 Å². The van der Waals surface area contributed by atoms with Gasteiger partial charge in [-0.3, -0.25) is 14.6 Å². The molecule has 1 N–H and O–H groups in total. The van der Waals surface area contributed by atoms with Gasteiger partial charge in [0.05, 0.1) is 24.2 Å². The maximum Gasteiger partial charge on any atom is 0.225 e. The first-order valence-corrected chi connectivity index (χ1v) is 8.25. The molecule has 2 unspecified atom stereocenters. The third-order valence-corrected chi connectivity index (χ3v) is 4.56. The van der Waals surface area contributed by atoms with Crippen LogP contribution in [-0.2, 0) is 16.1 Å². The lowest BCUT2D eigenvalue weighted by Crippen LogP contribution is -2.46. The molecule has 0 saturated carbocycles. The minimum Gasteiger partial charge on any atom is -0.350 e. The maximum absolute atomic E-state index is 13.6. The molecule has 1 aromatic heterocycles. The molecule has 130 valence electrons. The van der Waals surface area contributed by atoms with Gasteiger partial charge in [0.15, 0.2) is 0 Å². The molecule has 25 heavy (non-hydrogen) atoms. The van der Waals surface area contributed by atoms with Crippen molar-refractivity contribution in [1.29, 1.82) is 0 Å². The Labute approximate surface area is 145 Å². The van der Waals surface area contributed by atoms with Crippen LogP contribution in [-0.4, -0.2) is 28.7 Å². The van der Waals surface area contributed by atoms with Gasteiger partial charge in [0.25, 0.3) is 0 Å². The lowest BCUT2D eigenvalue weighted by Gasteiger charge is -2.38. The number of hydrogen-bond acceptors (Lipinski definition) is 3. The monoisotopic (exact) mass is 341 g/mol. The molecule has 2 aromatic rings. The standard InChI is InChI=1S/C19H20FN3O2/c1-23-17(24)9-8-16(18(23)13-5-4-6-14(20)11-13)19(25)22-12-15-7-2-3-10-21-15/h2-7,10-11,16,18H,8-9,12H2,1H3,(H,22,25). The molecule has 0 radical (unpaired) electrons. The van der Waals surface area contributed by atoms with Crippen molar-refractivity contribution in [3.8, 4) is 0 Å². The zero-order valence-corrected chi connectivity index (χ0v) is 14.0. The fraction of sp³-hybridized carbons (Fsp3) is 0.316. The van der Waals surface area contributed by atoms with Crippen molar-refractivity contribution in [2.24, 2.45) is 5.92 Å². The van der Waals surface area contributed by atoms with Crippen LogP contribution in [0.2, 0.25) is 0 Å². The van der Waals surface area contributed by atoms with Crippen LogP contribution in [0.3, 0.4) is 0 Å². The topological polar surface area (TPSA) is 62.3 Å². The number of pyridine rings is 1. The lowest BCUT2D eigenvalue weighted by molar-refractivity contribution is -0.141. The largest absolute Gasteiger partial charge is 0.350 e. The van der Waals surface area contributed by atoms with Gasteiger partial charge in [-0.2, -0.15) is 0 Å². The highest BCUT2D eigenvalue weighted by Crippen LogP contribution is 2.36. The fourth-order valence-corrected chi connectivity index (χ4v) is 3.27. The summed E-state index contributed by atoms with van der Waals surface area (Å²) in [6.45, 7) is 0.323. The summed E-state index contributed by atoms with van der Waals surface area (Å²) in [5.74, 6) is -0.993. The Morgan fingerprint density at radius 1 is 1.32 bits per heavy atom. The molecule has 1 saturated heterocycles. The quantitative estimate of drug-likeness (QED) is 0.929. The molecule has 0 spiro atoms. The average molecular weight is 341 g/mol. The van der Waals surface area contributed by atoms with E-state index in [1.54, 1.807) is 30.3 Å². The van der Waals surface area contributed by atoms with Crippen LogP contribution < -0.4 is 5.32 Å². The van der Waals surface area contributed by atoms with Gasteiger partial charge < -0.3 is 10.2 Å². The van der Waals surface area contributed by atoms with E-state index < -0.39 is 12.0 Å². The maximum atomic E-state index is 13.6. The van der Waals surface area contributed by atoms with E-state index in [0.29, 0.717) is 24.9 Å². The van der Waals surface area contributed by atoms with Crippen molar-refractivity contribution in [2.75, 3.05) is 7.05 Å². The zero-order chi connectivity index (χ0) is 17.8. The molecule has 0 bridgehead atoms. The van der Waals surface area contributed by atoms with Crippen LogP contribution in [0, 0.1) is 11.7 Å². The van der Waals surface area contributed by atoms with Gasteiger partial charge in [-0.05, 0) is 36.2 Å². The lowest BCUT2D eigenvalue weighted by atomic mass is 9.84. The normalized spacial score (nSPS) is 20.4. The van der Waals surface area contributed by atoms with Crippen LogP contribution in [0.15, 0.2) is 48.7 Å². The van der Waals surface area contributed by atoms with Crippen molar-refractivity contribution in [2.45, 2.75) is 25.4 Å². The number of benzene rings is 1. The van der Waals surface area contributed by atoms with Gasteiger partial charge in [0, 0.05) is 19.7 Å². The van der Waals surface area contributed by atoms with E-state index >= 15 is 0 Å². The number of piperidine rings is 1. The molecule has 2 heterocycles. The van der Waals surface area contributed by atoms with Gasteiger partial charge in [-0.1, -0.05) is 18.2 Å². The minimum absolute atomic E-state index is 0.0389. The molecule has 6 heteroatoms. The number of likely N-dealkylation sites (tertiary alicyclic amines) is 1. The summed E-state index contributed by atoms with van der Waals surface area (Å²) in [7, 11) is 1.66. The number of nitrogens with one attached hydrogen (secondary N) is 1. The first-order chi connectivity index (χ1) is 12.1. The van der Waals surface area contributed by atoms with Gasteiger partial charge in [-0.15, -0.1) is 0 Å². The second-order valence-corrected chi connectivity index (χ2v) is 6.19. The third-order valence-electron chi connectivity index (χ3n) is 4.56. The van der Waals surface area contributed by atoms with Gasteiger partial charge >= 0.3 is 0 Å². The highest BCUT2D eigenvalue weighted by Gasteiger charge is 2.38. The molecule has 1 aliphatic heterocycles. The Kier molecular flexibility index (Phi) is 5.07. The Morgan fingerprint density at radius 3 is 2.88 bits per heavy atom. The molecular formula is C19H20FN3O2. The predicted octanol–water partition coefficient (Wildman–Crippen LogP) is 2.45. The number of hydrogen-bond donors (Lipinski definition) is 1. The number of halogens is 1. The number of rotatable bonds is 4. The average Bonchev–Trinajstić information content (AvgIpc) is 2.62. The van der Waals surface area contributed by atoms with Crippen LogP contribution in [0.5, 0.6) is 0 Å². The van der Waals surface area contributed by atoms with Crippen LogP contribution in [0.4, 0.5) is 4.39 Å². The van der Waals surface area contributed by atoms with Gasteiger partial charge in [0.1, 0.15) is 5.82 Å². The van der Waals surface area contributed by atoms with E-state index in [1.807, 2.05) is 18.2 Å². The number of aromatic nitrogens is 1. The molecule has 2 atom stereocenters. The van der Waals surface area contributed by atoms with E-state index in [0.717, 1.165) is 5.69 Å². The fourth-order valence-electron chi connectivity index (χ4n) is 3.27. The Bertz CT molecular complexity index is 766. The number of carbonyl (C=O) groups excluding carboxylic acids is 2. The smallest absolute Gasteiger partial charge is 0.225 e. The SMILES string of the molecule is CN1C(=O)CCC(C(=O)NCc2ccccn2)C1c1cccc(F)c1. The summed E-state index contributed by atoms with van der Waals surface area (Å²) >= 11 is 0. The van der Waals surface area contributed by atoms with E-state index in [-0.39, 0.29) is 17.6 Å². The second-order valence-electron chi connectivity index (χ2n) is 6.19. The van der Waals surface area contributed by atoms with E-state index in [2.05, 4.69) is 10.3 Å².